The molecule has 6 heteroatoms. The van der Waals surface area contributed by atoms with Crippen LogP contribution < -0.4 is 10.6 Å². The number of furan rings is 1. The van der Waals surface area contributed by atoms with Gasteiger partial charge in [0.15, 0.2) is 5.76 Å². The Bertz CT molecular complexity index is 626. The van der Waals surface area contributed by atoms with Gasteiger partial charge in [-0.05, 0) is 31.0 Å². The summed E-state index contributed by atoms with van der Waals surface area (Å²) in [7, 11) is 0. The normalized spacial score (nSPS) is 11.7. The lowest BCUT2D eigenvalue weighted by atomic mass is 10.1. The Morgan fingerprint density at radius 1 is 1.12 bits per heavy atom. The molecule has 0 radical (unpaired) electrons. The fourth-order valence-electron chi connectivity index (χ4n) is 2.10. The molecule has 0 saturated carbocycles. The number of carbonyl (C=O) groups is 2. The molecule has 0 bridgehead atoms. The number of nitrogens with one attached hydrogen (secondary N) is 2. The molecule has 128 valence electrons. The molecule has 6 nitrogen and oxygen atoms in total. The maximum atomic E-state index is 11.6. The van der Waals surface area contributed by atoms with Gasteiger partial charge in [0.2, 0.25) is 5.91 Å². The summed E-state index contributed by atoms with van der Waals surface area (Å²) in [5.41, 5.74) is 1.13. The number of amides is 2. The summed E-state index contributed by atoms with van der Waals surface area (Å²) < 4.78 is 10.7. The van der Waals surface area contributed by atoms with Gasteiger partial charge in [-0.15, -0.1) is 0 Å². The van der Waals surface area contributed by atoms with Crippen LogP contribution in [-0.2, 0) is 9.53 Å². The van der Waals surface area contributed by atoms with E-state index in [1.54, 1.807) is 12.1 Å². The number of rotatable bonds is 9. The van der Waals surface area contributed by atoms with E-state index in [1.807, 2.05) is 37.3 Å². The van der Waals surface area contributed by atoms with Gasteiger partial charge >= 0.3 is 0 Å². The molecule has 0 fully saturated rings. The van der Waals surface area contributed by atoms with E-state index in [1.165, 1.54) is 6.26 Å². The molecule has 0 saturated heterocycles. The largest absolute Gasteiger partial charge is 0.459 e. The van der Waals surface area contributed by atoms with Gasteiger partial charge in [-0.3, -0.25) is 9.59 Å². The summed E-state index contributed by atoms with van der Waals surface area (Å²) in [6, 6.07) is 13.1. The molecule has 0 unspecified atom stereocenters. The molecule has 1 aromatic carbocycles. The van der Waals surface area contributed by atoms with Gasteiger partial charge in [-0.25, -0.2) is 0 Å². The van der Waals surface area contributed by atoms with Gasteiger partial charge < -0.3 is 19.8 Å². The van der Waals surface area contributed by atoms with E-state index in [4.69, 9.17) is 9.15 Å². The van der Waals surface area contributed by atoms with Crippen LogP contribution in [0.5, 0.6) is 0 Å². The van der Waals surface area contributed by atoms with Crippen molar-refractivity contribution in [2.75, 3.05) is 19.7 Å². The second-order valence-corrected chi connectivity index (χ2v) is 5.29. The molecule has 0 aliphatic carbocycles. The van der Waals surface area contributed by atoms with Crippen LogP contribution in [0.15, 0.2) is 53.1 Å². The lowest BCUT2D eigenvalue weighted by Crippen LogP contribution is -2.37. The zero-order valence-electron chi connectivity index (χ0n) is 13.7. The maximum absolute atomic E-state index is 11.6. The van der Waals surface area contributed by atoms with Crippen LogP contribution in [0.2, 0.25) is 0 Å². The predicted molar refractivity (Wildman–Crippen MR) is 89.5 cm³/mol. The van der Waals surface area contributed by atoms with Crippen molar-refractivity contribution in [1.29, 1.82) is 0 Å². The SMILES string of the molecule is C[C@@H](OCCCNC(=O)CNC(=O)c1ccco1)c1ccccc1. The van der Waals surface area contributed by atoms with E-state index in [2.05, 4.69) is 10.6 Å². The average molecular weight is 330 g/mol. The van der Waals surface area contributed by atoms with Crippen LogP contribution in [0.3, 0.4) is 0 Å². The molecule has 0 spiro atoms. The fourth-order valence-corrected chi connectivity index (χ4v) is 2.10. The summed E-state index contributed by atoms with van der Waals surface area (Å²) in [4.78, 5) is 23.2. The van der Waals surface area contributed by atoms with Crippen molar-refractivity contribution in [3.8, 4) is 0 Å². The molecule has 2 aromatic rings. The molecule has 2 rings (SSSR count). The number of carbonyl (C=O) groups excluding carboxylic acids is 2. The lowest BCUT2D eigenvalue weighted by molar-refractivity contribution is -0.120. The molecule has 24 heavy (non-hydrogen) atoms. The molecule has 1 heterocycles. The zero-order chi connectivity index (χ0) is 17.2. The van der Waals surface area contributed by atoms with E-state index in [0.717, 1.165) is 5.56 Å². The molecule has 0 aliphatic rings. The molecular weight excluding hydrogens is 308 g/mol. The lowest BCUT2D eigenvalue weighted by Gasteiger charge is -2.13. The Kier molecular flexibility index (Phi) is 7.04. The first kappa shape index (κ1) is 17.7. The van der Waals surface area contributed by atoms with Crippen molar-refractivity contribution >= 4 is 11.8 Å². The van der Waals surface area contributed by atoms with Crippen LogP contribution >= 0.6 is 0 Å². The van der Waals surface area contributed by atoms with Gasteiger partial charge in [-0.2, -0.15) is 0 Å². The van der Waals surface area contributed by atoms with Crippen molar-refractivity contribution in [1.82, 2.24) is 10.6 Å². The minimum atomic E-state index is -0.407. The van der Waals surface area contributed by atoms with Crippen molar-refractivity contribution in [3.63, 3.8) is 0 Å². The van der Waals surface area contributed by atoms with Gasteiger partial charge in [0, 0.05) is 13.2 Å². The Morgan fingerprint density at radius 3 is 2.62 bits per heavy atom. The van der Waals surface area contributed by atoms with Crippen LogP contribution in [0.25, 0.3) is 0 Å². The van der Waals surface area contributed by atoms with E-state index >= 15 is 0 Å². The third-order valence-corrected chi connectivity index (χ3v) is 3.43. The summed E-state index contributed by atoms with van der Waals surface area (Å²) in [5.74, 6) is -0.465. The smallest absolute Gasteiger partial charge is 0.287 e. The minimum absolute atomic E-state index is 0.0227. The minimum Gasteiger partial charge on any atom is -0.459 e. The number of hydrogen-bond donors (Lipinski definition) is 2. The molecule has 2 amide bonds. The summed E-state index contributed by atoms with van der Waals surface area (Å²) in [5, 5.41) is 5.22. The Hall–Kier alpha value is -2.60. The fraction of sp³-hybridized carbons (Fsp3) is 0.333. The van der Waals surface area contributed by atoms with Crippen LogP contribution in [0.4, 0.5) is 0 Å². The highest BCUT2D eigenvalue weighted by atomic mass is 16.5. The Balaban J connectivity index is 1.54. The molecular formula is C18H22N2O4. The van der Waals surface area contributed by atoms with E-state index < -0.39 is 5.91 Å². The topological polar surface area (TPSA) is 80.6 Å². The Labute approximate surface area is 141 Å². The first-order valence-corrected chi connectivity index (χ1v) is 7.92. The molecule has 0 aliphatic heterocycles. The van der Waals surface area contributed by atoms with Gasteiger partial charge in [0.05, 0.1) is 18.9 Å². The second-order valence-electron chi connectivity index (χ2n) is 5.29. The standard InChI is InChI=1S/C18H22N2O4/c1-14(15-7-3-2-4-8-15)23-12-6-10-19-17(21)13-20-18(22)16-9-5-11-24-16/h2-5,7-9,11,14H,6,10,12-13H2,1H3,(H,19,21)(H,20,22)/t14-/m1/s1. The van der Waals surface area contributed by atoms with Gasteiger partial charge in [-0.1, -0.05) is 30.3 Å². The van der Waals surface area contributed by atoms with Crippen LogP contribution in [0, 0.1) is 0 Å². The van der Waals surface area contributed by atoms with Crippen molar-refractivity contribution in [2.45, 2.75) is 19.4 Å². The average Bonchev–Trinajstić information content (AvgIpc) is 3.14. The monoisotopic (exact) mass is 330 g/mol. The van der Waals surface area contributed by atoms with Crippen molar-refractivity contribution in [3.05, 3.63) is 60.1 Å². The summed E-state index contributed by atoms with van der Waals surface area (Å²) >= 11 is 0. The van der Waals surface area contributed by atoms with Crippen molar-refractivity contribution in [2.24, 2.45) is 0 Å². The number of hydrogen-bond acceptors (Lipinski definition) is 4. The highest BCUT2D eigenvalue weighted by Crippen LogP contribution is 2.15. The third-order valence-electron chi connectivity index (χ3n) is 3.43. The quantitative estimate of drug-likeness (QED) is 0.691. The van der Waals surface area contributed by atoms with E-state index in [0.29, 0.717) is 19.6 Å². The van der Waals surface area contributed by atoms with E-state index in [-0.39, 0.29) is 24.3 Å². The first-order chi connectivity index (χ1) is 11.7. The summed E-state index contributed by atoms with van der Waals surface area (Å²) in [6.45, 7) is 2.96. The maximum Gasteiger partial charge on any atom is 0.287 e. The highest BCUT2D eigenvalue weighted by molar-refractivity contribution is 5.94. The van der Waals surface area contributed by atoms with Gasteiger partial charge in [0.25, 0.3) is 5.91 Å². The molecule has 1 aromatic heterocycles. The van der Waals surface area contributed by atoms with E-state index in [9.17, 15) is 9.59 Å². The van der Waals surface area contributed by atoms with Crippen LogP contribution in [-0.4, -0.2) is 31.5 Å². The highest BCUT2D eigenvalue weighted by Gasteiger charge is 2.10. The second kappa shape index (κ2) is 9.52. The summed E-state index contributed by atoms with van der Waals surface area (Å²) in [6.07, 6.45) is 2.13. The zero-order valence-corrected chi connectivity index (χ0v) is 13.7. The molecule has 2 N–H and O–H groups in total. The third kappa shape index (κ3) is 5.89. The number of ether oxygens (including phenoxy) is 1. The Morgan fingerprint density at radius 2 is 1.92 bits per heavy atom. The van der Waals surface area contributed by atoms with Crippen LogP contribution in [0.1, 0.15) is 35.6 Å². The first-order valence-electron chi connectivity index (χ1n) is 7.92. The van der Waals surface area contributed by atoms with Crippen molar-refractivity contribution < 1.29 is 18.7 Å². The number of benzene rings is 1. The van der Waals surface area contributed by atoms with Gasteiger partial charge in [0.1, 0.15) is 0 Å². The predicted octanol–water partition coefficient (Wildman–Crippen LogP) is 2.29. The molecule has 1 atom stereocenters.